The molecular formula is C9H14N4O3. The Bertz CT molecular complexity index is 348. The quantitative estimate of drug-likeness (QED) is 0.457. The SMILES string of the molecule is NCCC(N)(CC(N)=O)N1C(=O)C=CC1=O. The maximum Gasteiger partial charge on any atom is 0.255 e. The summed E-state index contributed by atoms with van der Waals surface area (Å²) in [6.07, 6.45) is 2.02. The van der Waals surface area contributed by atoms with Gasteiger partial charge < -0.3 is 17.2 Å². The van der Waals surface area contributed by atoms with Crippen molar-refractivity contribution in [1.29, 1.82) is 0 Å². The van der Waals surface area contributed by atoms with Crippen LogP contribution in [0.2, 0.25) is 0 Å². The Balaban J connectivity index is 2.97. The molecule has 3 amide bonds. The van der Waals surface area contributed by atoms with Gasteiger partial charge in [0.15, 0.2) is 0 Å². The molecule has 0 bridgehead atoms. The van der Waals surface area contributed by atoms with Crippen molar-refractivity contribution in [2.24, 2.45) is 17.2 Å². The van der Waals surface area contributed by atoms with Crippen LogP contribution < -0.4 is 17.2 Å². The van der Waals surface area contributed by atoms with Gasteiger partial charge in [-0.05, 0) is 13.0 Å². The van der Waals surface area contributed by atoms with Crippen LogP contribution in [0.1, 0.15) is 12.8 Å². The Kier molecular flexibility index (Phi) is 3.41. The molecule has 0 aliphatic carbocycles. The first-order chi connectivity index (χ1) is 7.40. The van der Waals surface area contributed by atoms with E-state index < -0.39 is 23.4 Å². The summed E-state index contributed by atoms with van der Waals surface area (Å²) < 4.78 is 0. The molecule has 1 rings (SSSR count). The fourth-order valence-corrected chi connectivity index (χ4v) is 1.67. The lowest BCUT2D eigenvalue weighted by molar-refractivity contribution is -0.145. The van der Waals surface area contributed by atoms with Gasteiger partial charge in [-0.1, -0.05) is 0 Å². The van der Waals surface area contributed by atoms with Crippen LogP contribution in [0.5, 0.6) is 0 Å². The van der Waals surface area contributed by atoms with Gasteiger partial charge in [-0.3, -0.25) is 19.3 Å². The first-order valence-corrected chi connectivity index (χ1v) is 4.74. The summed E-state index contributed by atoms with van der Waals surface area (Å²) in [5, 5.41) is 0. The molecule has 0 saturated carbocycles. The van der Waals surface area contributed by atoms with Crippen molar-refractivity contribution in [2.45, 2.75) is 18.5 Å². The standard InChI is InChI=1S/C9H14N4O3/c10-4-3-9(12,5-6(11)14)13-7(15)1-2-8(13)16/h1-2H,3-5,10,12H2,(H2,11,14). The third-order valence-corrected chi connectivity index (χ3v) is 2.31. The Morgan fingerprint density at radius 3 is 2.19 bits per heavy atom. The number of amides is 3. The molecule has 7 nitrogen and oxygen atoms in total. The average molecular weight is 226 g/mol. The molecular weight excluding hydrogens is 212 g/mol. The van der Waals surface area contributed by atoms with Crippen molar-refractivity contribution in [3.05, 3.63) is 12.2 Å². The number of primary amides is 1. The van der Waals surface area contributed by atoms with Gasteiger partial charge >= 0.3 is 0 Å². The van der Waals surface area contributed by atoms with Gasteiger partial charge in [-0.2, -0.15) is 0 Å². The third kappa shape index (κ3) is 2.26. The van der Waals surface area contributed by atoms with Crippen LogP contribution in [0.15, 0.2) is 12.2 Å². The molecule has 1 aliphatic rings. The van der Waals surface area contributed by atoms with Crippen LogP contribution >= 0.6 is 0 Å². The molecule has 0 aromatic heterocycles. The lowest BCUT2D eigenvalue weighted by Gasteiger charge is -2.35. The van der Waals surface area contributed by atoms with E-state index in [-0.39, 0.29) is 19.4 Å². The Labute approximate surface area is 92.2 Å². The van der Waals surface area contributed by atoms with Crippen molar-refractivity contribution in [3.8, 4) is 0 Å². The molecule has 0 aromatic rings. The number of rotatable bonds is 5. The minimum absolute atomic E-state index is 0.120. The molecule has 6 N–H and O–H groups in total. The maximum absolute atomic E-state index is 11.4. The Morgan fingerprint density at radius 1 is 1.31 bits per heavy atom. The molecule has 16 heavy (non-hydrogen) atoms. The number of nitrogens with two attached hydrogens (primary N) is 3. The molecule has 0 radical (unpaired) electrons. The van der Waals surface area contributed by atoms with Gasteiger partial charge in [-0.25, -0.2) is 0 Å². The van der Waals surface area contributed by atoms with E-state index in [2.05, 4.69) is 0 Å². The van der Waals surface area contributed by atoms with E-state index in [4.69, 9.17) is 17.2 Å². The first kappa shape index (κ1) is 12.3. The molecule has 1 aliphatic heterocycles. The van der Waals surface area contributed by atoms with Crippen LogP contribution in [0.3, 0.4) is 0 Å². The van der Waals surface area contributed by atoms with E-state index in [0.29, 0.717) is 0 Å². The number of nitrogens with zero attached hydrogens (tertiary/aromatic N) is 1. The van der Waals surface area contributed by atoms with Crippen LogP contribution in [-0.4, -0.2) is 34.8 Å². The molecule has 1 heterocycles. The summed E-state index contributed by atoms with van der Waals surface area (Å²) in [5.41, 5.74) is 14.8. The van der Waals surface area contributed by atoms with Crippen molar-refractivity contribution >= 4 is 17.7 Å². The predicted molar refractivity (Wildman–Crippen MR) is 55.4 cm³/mol. The molecule has 0 spiro atoms. The summed E-state index contributed by atoms with van der Waals surface area (Å²) in [5.74, 6) is -1.80. The molecule has 0 fully saturated rings. The van der Waals surface area contributed by atoms with E-state index in [1.807, 2.05) is 0 Å². The second kappa shape index (κ2) is 4.42. The first-order valence-electron chi connectivity index (χ1n) is 4.74. The lowest BCUT2D eigenvalue weighted by atomic mass is 10.00. The van der Waals surface area contributed by atoms with Crippen molar-refractivity contribution < 1.29 is 14.4 Å². The van der Waals surface area contributed by atoms with E-state index >= 15 is 0 Å². The molecule has 1 unspecified atom stereocenters. The van der Waals surface area contributed by atoms with Crippen LogP contribution in [0.4, 0.5) is 0 Å². The van der Waals surface area contributed by atoms with Crippen LogP contribution in [0, 0.1) is 0 Å². The summed E-state index contributed by atoms with van der Waals surface area (Å²) in [7, 11) is 0. The zero-order valence-electron chi connectivity index (χ0n) is 8.68. The van der Waals surface area contributed by atoms with Crippen molar-refractivity contribution in [1.82, 2.24) is 4.90 Å². The molecule has 0 aromatic carbocycles. The highest BCUT2D eigenvalue weighted by Gasteiger charge is 2.41. The van der Waals surface area contributed by atoms with Gasteiger partial charge in [-0.15, -0.1) is 0 Å². The van der Waals surface area contributed by atoms with Gasteiger partial charge in [0, 0.05) is 12.2 Å². The second-order valence-electron chi connectivity index (χ2n) is 3.63. The van der Waals surface area contributed by atoms with Crippen LogP contribution in [-0.2, 0) is 14.4 Å². The number of carbonyl (C=O) groups is 3. The summed E-state index contributed by atoms with van der Waals surface area (Å²) in [6, 6.07) is 0. The Hall–Kier alpha value is -1.73. The van der Waals surface area contributed by atoms with E-state index in [1.165, 1.54) is 0 Å². The number of imide groups is 1. The summed E-state index contributed by atoms with van der Waals surface area (Å²) >= 11 is 0. The average Bonchev–Trinajstić information content (AvgIpc) is 2.45. The molecule has 1 atom stereocenters. The zero-order valence-corrected chi connectivity index (χ0v) is 8.68. The van der Waals surface area contributed by atoms with Crippen molar-refractivity contribution in [2.75, 3.05) is 6.54 Å². The normalized spacial score (nSPS) is 19.0. The molecule has 88 valence electrons. The highest BCUT2D eigenvalue weighted by Crippen LogP contribution is 2.21. The zero-order chi connectivity index (χ0) is 12.3. The highest BCUT2D eigenvalue weighted by atomic mass is 16.2. The fourth-order valence-electron chi connectivity index (χ4n) is 1.67. The lowest BCUT2D eigenvalue weighted by Crippen LogP contribution is -2.61. The van der Waals surface area contributed by atoms with Gasteiger partial charge in [0.2, 0.25) is 5.91 Å². The van der Waals surface area contributed by atoms with Gasteiger partial charge in [0.05, 0.1) is 6.42 Å². The monoisotopic (exact) mass is 226 g/mol. The molecule has 0 saturated heterocycles. The summed E-state index contributed by atoms with van der Waals surface area (Å²) in [4.78, 5) is 34.6. The number of hydrogen-bond donors (Lipinski definition) is 3. The topological polar surface area (TPSA) is 133 Å². The minimum atomic E-state index is -1.43. The summed E-state index contributed by atoms with van der Waals surface area (Å²) in [6.45, 7) is 0.140. The van der Waals surface area contributed by atoms with E-state index in [0.717, 1.165) is 17.1 Å². The third-order valence-electron chi connectivity index (χ3n) is 2.31. The van der Waals surface area contributed by atoms with Crippen molar-refractivity contribution in [3.63, 3.8) is 0 Å². The number of carbonyl (C=O) groups excluding carboxylic acids is 3. The molecule has 7 heteroatoms. The smallest absolute Gasteiger partial charge is 0.255 e. The van der Waals surface area contributed by atoms with Crippen LogP contribution in [0.25, 0.3) is 0 Å². The van der Waals surface area contributed by atoms with E-state index in [9.17, 15) is 14.4 Å². The predicted octanol–water partition coefficient (Wildman–Crippen LogP) is -2.21. The van der Waals surface area contributed by atoms with E-state index in [1.54, 1.807) is 0 Å². The number of hydrogen-bond acceptors (Lipinski definition) is 5. The largest absolute Gasteiger partial charge is 0.370 e. The maximum atomic E-state index is 11.4. The second-order valence-corrected chi connectivity index (χ2v) is 3.63. The fraction of sp³-hybridized carbons (Fsp3) is 0.444. The minimum Gasteiger partial charge on any atom is -0.370 e. The van der Waals surface area contributed by atoms with Gasteiger partial charge in [0.25, 0.3) is 11.8 Å². The Morgan fingerprint density at radius 2 is 1.81 bits per heavy atom. The van der Waals surface area contributed by atoms with Gasteiger partial charge in [0.1, 0.15) is 5.66 Å². The highest BCUT2D eigenvalue weighted by molar-refractivity contribution is 6.13.